The van der Waals surface area contributed by atoms with Crippen LogP contribution in [0.3, 0.4) is 0 Å². The molecule has 33 heavy (non-hydrogen) atoms. The first-order chi connectivity index (χ1) is 16.1. The molecule has 0 saturated carbocycles. The van der Waals surface area contributed by atoms with Crippen LogP contribution >= 0.6 is 0 Å². The molecule has 0 bridgehead atoms. The highest BCUT2D eigenvalue weighted by molar-refractivity contribution is 6.09. The van der Waals surface area contributed by atoms with Crippen LogP contribution in [0.25, 0.3) is 0 Å². The van der Waals surface area contributed by atoms with Crippen molar-refractivity contribution in [1.82, 2.24) is 10.2 Å². The number of rotatable bonds is 5. The van der Waals surface area contributed by atoms with Gasteiger partial charge >= 0.3 is 0 Å². The van der Waals surface area contributed by atoms with Crippen molar-refractivity contribution in [2.45, 2.75) is 51.1 Å². The van der Waals surface area contributed by atoms with Crippen LogP contribution in [0.1, 0.15) is 54.6 Å². The average molecular weight is 451 g/mol. The van der Waals surface area contributed by atoms with Gasteiger partial charge in [-0.15, -0.1) is 0 Å². The van der Waals surface area contributed by atoms with E-state index in [0.717, 1.165) is 63.8 Å². The second kappa shape index (κ2) is 9.29. The number of fused-ring (bicyclic) bond motifs is 3. The second-order valence-corrected chi connectivity index (χ2v) is 9.04. The van der Waals surface area contributed by atoms with Crippen molar-refractivity contribution in [3.05, 3.63) is 47.9 Å². The summed E-state index contributed by atoms with van der Waals surface area (Å²) in [5.74, 6) is 0.315. The molecule has 2 fully saturated rings. The Balaban J connectivity index is 1.42. The zero-order valence-corrected chi connectivity index (χ0v) is 18.8. The predicted octanol–water partition coefficient (Wildman–Crippen LogP) is 2.93. The number of nitrogens with one attached hydrogen (secondary N) is 1. The normalized spacial score (nSPS) is 20.3. The van der Waals surface area contributed by atoms with Gasteiger partial charge in [-0.25, -0.2) is 0 Å². The summed E-state index contributed by atoms with van der Waals surface area (Å²) in [7, 11) is 0. The third kappa shape index (κ3) is 4.34. The molecule has 5 rings (SSSR count). The lowest BCUT2D eigenvalue weighted by Gasteiger charge is -2.45. The third-order valence-electron chi connectivity index (χ3n) is 6.86. The molecule has 8 heteroatoms. The van der Waals surface area contributed by atoms with Crippen molar-refractivity contribution in [2.24, 2.45) is 0 Å². The van der Waals surface area contributed by atoms with Gasteiger partial charge in [0.05, 0.1) is 24.2 Å². The molecule has 174 valence electrons. The Labute approximate surface area is 193 Å². The Bertz CT molecular complexity index is 1030. The summed E-state index contributed by atoms with van der Waals surface area (Å²) in [4.78, 5) is 44.9. The first kappa shape index (κ1) is 21.6. The fraction of sp³-hybridized carbons (Fsp3) is 0.480. The van der Waals surface area contributed by atoms with E-state index in [0.29, 0.717) is 17.0 Å². The molecule has 1 aromatic carbocycles. The molecule has 0 aliphatic carbocycles. The Morgan fingerprint density at radius 2 is 1.82 bits per heavy atom. The number of likely N-dealkylation sites (tertiary alicyclic amines) is 1. The maximum atomic E-state index is 13.5. The molecular formula is C25H30N4O4. The van der Waals surface area contributed by atoms with E-state index in [9.17, 15) is 14.4 Å². The second-order valence-electron chi connectivity index (χ2n) is 9.04. The Kier molecular flexibility index (Phi) is 6.07. The maximum absolute atomic E-state index is 13.5. The largest absolute Gasteiger partial charge is 0.467 e. The minimum Gasteiger partial charge on any atom is -0.467 e. The molecule has 2 saturated heterocycles. The molecule has 1 aromatic heterocycles. The number of piperidine rings is 2. The van der Waals surface area contributed by atoms with E-state index >= 15 is 0 Å². The molecule has 0 radical (unpaired) electrons. The lowest BCUT2D eigenvalue weighted by atomic mass is 9.95. The van der Waals surface area contributed by atoms with Gasteiger partial charge in [-0.3, -0.25) is 19.3 Å². The zero-order chi connectivity index (χ0) is 22.8. The van der Waals surface area contributed by atoms with Crippen LogP contribution in [0.2, 0.25) is 0 Å². The van der Waals surface area contributed by atoms with E-state index < -0.39 is 0 Å². The van der Waals surface area contributed by atoms with Crippen LogP contribution < -0.4 is 15.1 Å². The van der Waals surface area contributed by atoms with Gasteiger partial charge in [0.15, 0.2) is 0 Å². The van der Waals surface area contributed by atoms with Crippen molar-refractivity contribution in [2.75, 3.05) is 36.0 Å². The lowest BCUT2D eigenvalue weighted by Crippen LogP contribution is -2.57. The Morgan fingerprint density at radius 3 is 2.61 bits per heavy atom. The first-order valence-electron chi connectivity index (χ1n) is 11.9. The van der Waals surface area contributed by atoms with E-state index in [-0.39, 0.29) is 36.9 Å². The number of benzene rings is 1. The number of hydrogen-bond donors (Lipinski definition) is 1. The summed E-state index contributed by atoms with van der Waals surface area (Å²) in [5, 5.41) is 2.83. The van der Waals surface area contributed by atoms with Crippen molar-refractivity contribution in [3.63, 3.8) is 0 Å². The summed E-state index contributed by atoms with van der Waals surface area (Å²) in [6.45, 7) is 2.52. The highest BCUT2D eigenvalue weighted by Crippen LogP contribution is 2.40. The standard InChI is InChI=1S/C25H30N4O4/c30-23(26-16-19-7-6-14-33-19)17-29-22-15-18(24(31)27-11-3-1-4-12-27)9-10-20(22)28-13-5-2-8-21(28)25(29)32/h6-7,9-10,14-15,21H,1-5,8,11-13,16-17H2,(H,26,30). The van der Waals surface area contributed by atoms with Gasteiger partial charge in [-0.05, 0) is 68.9 Å². The van der Waals surface area contributed by atoms with Crippen LogP contribution in [0, 0.1) is 0 Å². The van der Waals surface area contributed by atoms with Gasteiger partial charge < -0.3 is 19.5 Å². The molecule has 8 nitrogen and oxygen atoms in total. The molecule has 1 N–H and O–H groups in total. The molecule has 0 spiro atoms. The predicted molar refractivity (Wildman–Crippen MR) is 124 cm³/mol. The summed E-state index contributed by atoms with van der Waals surface area (Å²) in [5.41, 5.74) is 2.14. The average Bonchev–Trinajstić information content (AvgIpc) is 3.39. The minimum absolute atomic E-state index is 0.00654. The van der Waals surface area contributed by atoms with Gasteiger partial charge in [0.25, 0.3) is 5.91 Å². The number of carbonyl (C=O) groups excluding carboxylic acids is 3. The fourth-order valence-electron chi connectivity index (χ4n) is 5.13. The van der Waals surface area contributed by atoms with Crippen molar-refractivity contribution in [1.29, 1.82) is 0 Å². The summed E-state index contributed by atoms with van der Waals surface area (Å²) in [6.07, 6.45) is 7.55. The Morgan fingerprint density at radius 1 is 1.00 bits per heavy atom. The van der Waals surface area contributed by atoms with Crippen LogP contribution in [-0.4, -0.2) is 54.8 Å². The number of nitrogens with zero attached hydrogens (tertiary/aromatic N) is 3. The summed E-state index contributed by atoms with van der Waals surface area (Å²) in [6, 6.07) is 8.92. The van der Waals surface area contributed by atoms with Gasteiger partial charge in [-0.1, -0.05) is 0 Å². The maximum Gasteiger partial charge on any atom is 0.253 e. The summed E-state index contributed by atoms with van der Waals surface area (Å²) < 4.78 is 5.28. The minimum atomic E-state index is -0.261. The first-order valence-corrected chi connectivity index (χ1v) is 11.9. The van der Waals surface area contributed by atoms with E-state index in [2.05, 4.69) is 10.2 Å². The quantitative estimate of drug-likeness (QED) is 0.757. The molecule has 2 aromatic rings. The van der Waals surface area contributed by atoms with E-state index in [1.807, 2.05) is 17.0 Å². The Hall–Kier alpha value is -3.29. The van der Waals surface area contributed by atoms with Crippen LogP contribution in [0.4, 0.5) is 11.4 Å². The fourth-order valence-corrected chi connectivity index (χ4v) is 5.13. The highest BCUT2D eigenvalue weighted by Gasteiger charge is 2.40. The molecule has 3 amide bonds. The van der Waals surface area contributed by atoms with Crippen molar-refractivity contribution in [3.8, 4) is 0 Å². The number of amides is 3. The van der Waals surface area contributed by atoms with Gasteiger partial charge in [-0.2, -0.15) is 0 Å². The molecular weight excluding hydrogens is 420 g/mol. The van der Waals surface area contributed by atoms with Crippen LogP contribution in [0.5, 0.6) is 0 Å². The van der Waals surface area contributed by atoms with E-state index in [1.54, 1.807) is 29.4 Å². The SMILES string of the molecule is O=C(CN1C(=O)C2CCCCN2c2ccc(C(=O)N3CCCCC3)cc21)NCc1ccco1. The molecule has 4 heterocycles. The van der Waals surface area contributed by atoms with Crippen molar-refractivity contribution < 1.29 is 18.8 Å². The topological polar surface area (TPSA) is 86.1 Å². The monoisotopic (exact) mass is 450 g/mol. The van der Waals surface area contributed by atoms with Crippen LogP contribution in [-0.2, 0) is 16.1 Å². The third-order valence-corrected chi connectivity index (χ3v) is 6.86. The van der Waals surface area contributed by atoms with E-state index in [1.165, 1.54) is 0 Å². The van der Waals surface area contributed by atoms with Gasteiger partial charge in [0.1, 0.15) is 18.3 Å². The molecule has 1 atom stereocenters. The molecule has 3 aliphatic heterocycles. The molecule has 1 unspecified atom stereocenters. The highest BCUT2D eigenvalue weighted by atomic mass is 16.3. The zero-order valence-electron chi connectivity index (χ0n) is 18.8. The van der Waals surface area contributed by atoms with Gasteiger partial charge in [0, 0.05) is 25.2 Å². The van der Waals surface area contributed by atoms with E-state index in [4.69, 9.17) is 4.42 Å². The number of anilines is 2. The lowest BCUT2D eigenvalue weighted by molar-refractivity contribution is -0.125. The summed E-state index contributed by atoms with van der Waals surface area (Å²) >= 11 is 0. The number of hydrogen-bond acceptors (Lipinski definition) is 5. The van der Waals surface area contributed by atoms with Gasteiger partial charge in [0.2, 0.25) is 11.8 Å². The van der Waals surface area contributed by atoms with Crippen LogP contribution in [0.15, 0.2) is 41.0 Å². The smallest absolute Gasteiger partial charge is 0.253 e. The number of furan rings is 1. The molecule has 3 aliphatic rings. The number of carbonyl (C=O) groups is 3. The van der Waals surface area contributed by atoms with Crippen molar-refractivity contribution >= 4 is 29.1 Å².